The van der Waals surface area contributed by atoms with E-state index in [2.05, 4.69) is 37.2 Å². The highest BCUT2D eigenvalue weighted by Gasteiger charge is 2.21. The summed E-state index contributed by atoms with van der Waals surface area (Å²) in [5.74, 6) is -3.90. The number of benzene rings is 2. The van der Waals surface area contributed by atoms with Crippen LogP contribution in [0.2, 0.25) is 0 Å². The van der Waals surface area contributed by atoms with Crippen LogP contribution in [0, 0.1) is 17.5 Å². The molecule has 23 heavy (non-hydrogen) atoms. The number of carbonyl (C=O) groups excluding carboxylic acids is 1. The lowest BCUT2D eigenvalue weighted by molar-refractivity contribution is 0.0966. The second kappa shape index (κ2) is 7.31. The van der Waals surface area contributed by atoms with Gasteiger partial charge in [-0.2, -0.15) is 0 Å². The molecule has 0 atom stereocenters. The third-order valence-electron chi connectivity index (χ3n) is 2.95. The maximum atomic E-state index is 14.1. The summed E-state index contributed by atoms with van der Waals surface area (Å²) in [5.41, 5.74) is 0.490. The van der Waals surface area contributed by atoms with Gasteiger partial charge in [-0.3, -0.25) is 4.79 Å². The molecule has 0 aliphatic rings. The predicted octanol–water partition coefficient (Wildman–Crippen LogP) is 5.42. The van der Waals surface area contributed by atoms with Crippen LogP contribution in [0.1, 0.15) is 22.8 Å². The Labute approximate surface area is 147 Å². The van der Waals surface area contributed by atoms with E-state index in [4.69, 9.17) is 0 Å². The number of hydrogen-bond donors (Lipinski definition) is 1. The molecule has 0 heterocycles. The minimum absolute atomic E-state index is 0.207. The van der Waals surface area contributed by atoms with E-state index in [9.17, 15) is 18.0 Å². The van der Waals surface area contributed by atoms with E-state index in [-0.39, 0.29) is 15.7 Å². The Kier molecular flexibility index (Phi) is 5.64. The average Bonchev–Trinajstić information content (AvgIpc) is 2.56. The van der Waals surface area contributed by atoms with E-state index in [1.807, 2.05) is 0 Å². The molecule has 0 aromatic heterocycles. The number of amides is 1. The standard InChI is InChI=1S/C16H10Br2F3NO/c1-8(22-16(23)9-5-3-2-4-6-9)7-10-11(17)14(20)15(21)12(18)13(10)19/h2-7H,1H3,(H,22,23)/b8-7-. The van der Waals surface area contributed by atoms with Crippen molar-refractivity contribution in [2.45, 2.75) is 6.92 Å². The first-order valence-corrected chi connectivity index (χ1v) is 7.97. The Morgan fingerprint density at radius 3 is 2.17 bits per heavy atom. The molecule has 0 aliphatic carbocycles. The average molecular weight is 449 g/mol. The summed E-state index contributed by atoms with van der Waals surface area (Å²) in [6, 6.07) is 8.42. The molecule has 7 heteroatoms. The van der Waals surface area contributed by atoms with Crippen molar-refractivity contribution >= 4 is 43.8 Å². The molecule has 1 N–H and O–H groups in total. The van der Waals surface area contributed by atoms with Gasteiger partial charge in [-0.05, 0) is 57.0 Å². The highest BCUT2D eigenvalue weighted by atomic mass is 79.9. The van der Waals surface area contributed by atoms with E-state index in [0.717, 1.165) is 0 Å². The van der Waals surface area contributed by atoms with E-state index in [0.29, 0.717) is 5.56 Å². The molecule has 2 rings (SSSR count). The van der Waals surface area contributed by atoms with Crippen molar-refractivity contribution < 1.29 is 18.0 Å². The fraction of sp³-hybridized carbons (Fsp3) is 0.0625. The summed E-state index contributed by atoms with van der Waals surface area (Å²) < 4.78 is 40.2. The SMILES string of the molecule is C/C(=C/c1c(F)c(Br)c(F)c(F)c1Br)NC(=O)c1ccccc1. The van der Waals surface area contributed by atoms with Crippen LogP contribution in [0.15, 0.2) is 45.0 Å². The second-order valence-electron chi connectivity index (χ2n) is 4.63. The van der Waals surface area contributed by atoms with Gasteiger partial charge in [0.2, 0.25) is 0 Å². The van der Waals surface area contributed by atoms with Crippen LogP contribution in [-0.4, -0.2) is 5.91 Å². The zero-order valence-corrected chi connectivity index (χ0v) is 14.9. The van der Waals surface area contributed by atoms with Gasteiger partial charge in [0.25, 0.3) is 5.91 Å². The molecule has 0 saturated heterocycles. The minimum atomic E-state index is -1.32. The van der Waals surface area contributed by atoms with Crippen molar-refractivity contribution in [2.75, 3.05) is 0 Å². The molecule has 0 radical (unpaired) electrons. The summed E-state index contributed by atoms with van der Waals surface area (Å²) in [6.45, 7) is 1.52. The Balaban J connectivity index is 2.34. The monoisotopic (exact) mass is 447 g/mol. The molecule has 120 valence electrons. The molecule has 2 nitrogen and oxygen atoms in total. The topological polar surface area (TPSA) is 29.1 Å². The van der Waals surface area contributed by atoms with E-state index < -0.39 is 27.8 Å². The first kappa shape index (κ1) is 17.7. The van der Waals surface area contributed by atoms with Crippen molar-refractivity contribution in [3.63, 3.8) is 0 Å². The largest absolute Gasteiger partial charge is 0.326 e. The second-order valence-corrected chi connectivity index (χ2v) is 6.22. The van der Waals surface area contributed by atoms with Gasteiger partial charge in [0.05, 0.1) is 8.95 Å². The molecular weight excluding hydrogens is 439 g/mol. The smallest absolute Gasteiger partial charge is 0.255 e. The van der Waals surface area contributed by atoms with Gasteiger partial charge in [0.1, 0.15) is 5.82 Å². The summed E-state index contributed by atoms with van der Waals surface area (Å²) in [4.78, 5) is 12.0. The molecule has 0 bridgehead atoms. The fourth-order valence-corrected chi connectivity index (χ4v) is 2.69. The minimum Gasteiger partial charge on any atom is -0.326 e. The van der Waals surface area contributed by atoms with E-state index in [1.165, 1.54) is 13.0 Å². The molecule has 0 aliphatic heterocycles. The summed E-state index contributed by atoms with van der Waals surface area (Å²) in [7, 11) is 0. The Bertz CT molecular complexity index is 763. The number of halogens is 5. The lowest BCUT2D eigenvalue weighted by Crippen LogP contribution is -2.21. The highest BCUT2D eigenvalue weighted by molar-refractivity contribution is 9.11. The van der Waals surface area contributed by atoms with Gasteiger partial charge in [-0.15, -0.1) is 0 Å². The van der Waals surface area contributed by atoms with Crippen LogP contribution in [0.25, 0.3) is 6.08 Å². The summed E-state index contributed by atoms with van der Waals surface area (Å²) >= 11 is 5.49. The quantitative estimate of drug-likeness (QED) is 0.493. The van der Waals surface area contributed by atoms with Gasteiger partial charge in [0.15, 0.2) is 11.6 Å². The molecule has 2 aromatic rings. The van der Waals surface area contributed by atoms with Crippen molar-refractivity contribution in [1.29, 1.82) is 0 Å². The number of hydrogen-bond acceptors (Lipinski definition) is 1. The molecule has 0 unspecified atom stereocenters. The van der Waals surface area contributed by atoms with Gasteiger partial charge >= 0.3 is 0 Å². The first-order valence-electron chi connectivity index (χ1n) is 6.39. The van der Waals surface area contributed by atoms with E-state index >= 15 is 0 Å². The first-order chi connectivity index (χ1) is 10.8. The van der Waals surface area contributed by atoms with Crippen molar-refractivity contribution in [1.82, 2.24) is 5.32 Å². The van der Waals surface area contributed by atoms with Crippen LogP contribution in [0.5, 0.6) is 0 Å². The van der Waals surface area contributed by atoms with Crippen LogP contribution in [0.4, 0.5) is 13.2 Å². The number of nitrogens with one attached hydrogen (secondary N) is 1. The molecule has 0 fully saturated rings. The molecule has 2 aromatic carbocycles. The molecular formula is C16H10Br2F3NO. The van der Waals surface area contributed by atoms with Crippen LogP contribution >= 0.6 is 31.9 Å². The molecule has 0 saturated carbocycles. The molecule has 1 amide bonds. The van der Waals surface area contributed by atoms with Crippen LogP contribution in [0.3, 0.4) is 0 Å². The zero-order valence-electron chi connectivity index (χ0n) is 11.8. The van der Waals surface area contributed by atoms with Crippen molar-refractivity contribution in [2.24, 2.45) is 0 Å². The predicted molar refractivity (Wildman–Crippen MR) is 89.3 cm³/mol. The van der Waals surface area contributed by atoms with Gasteiger partial charge < -0.3 is 5.32 Å². The van der Waals surface area contributed by atoms with Gasteiger partial charge in [0, 0.05) is 16.8 Å². The van der Waals surface area contributed by atoms with Crippen LogP contribution in [-0.2, 0) is 0 Å². The van der Waals surface area contributed by atoms with Crippen LogP contribution < -0.4 is 5.32 Å². The van der Waals surface area contributed by atoms with Gasteiger partial charge in [-0.1, -0.05) is 18.2 Å². The number of carbonyl (C=O) groups is 1. The van der Waals surface area contributed by atoms with Gasteiger partial charge in [-0.25, -0.2) is 13.2 Å². The highest BCUT2D eigenvalue weighted by Crippen LogP contribution is 2.33. The zero-order chi connectivity index (χ0) is 17.1. The van der Waals surface area contributed by atoms with Crippen molar-refractivity contribution in [3.8, 4) is 0 Å². The Hall–Kier alpha value is -1.60. The Morgan fingerprint density at radius 1 is 1.00 bits per heavy atom. The fourth-order valence-electron chi connectivity index (χ4n) is 1.84. The Morgan fingerprint density at radius 2 is 1.57 bits per heavy atom. The maximum absolute atomic E-state index is 14.1. The van der Waals surface area contributed by atoms with Crippen molar-refractivity contribution in [3.05, 3.63) is 73.6 Å². The maximum Gasteiger partial charge on any atom is 0.255 e. The third kappa shape index (κ3) is 3.84. The summed E-state index contributed by atoms with van der Waals surface area (Å²) in [5, 5.41) is 2.56. The number of allylic oxidation sites excluding steroid dienone is 1. The summed E-state index contributed by atoms with van der Waals surface area (Å²) in [6.07, 6.45) is 1.22. The lowest BCUT2D eigenvalue weighted by atomic mass is 10.1. The third-order valence-corrected chi connectivity index (χ3v) is 4.42. The molecule has 0 spiro atoms. The normalized spacial score (nSPS) is 11.5. The van der Waals surface area contributed by atoms with E-state index in [1.54, 1.807) is 30.3 Å². The lowest BCUT2D eigenvalue weighted by Gasteiger charge is -2.09. The number of rotatable bonds is 3.